The van der Waals surface area contributed by atoms with Crippen molar-refractivity contribution in [1.82, 2.24) is 19.8 Å². The van der Waals surface area contributed by atoms with Gasteiger partial charge in [-0.3, -0.25) is 4.79 Å². The smallest absolute Gasteiger partial charge is 0.255 e. The van der Waals surface area contributed by atoms with Crippen LogP contribution in [0.5, 0.6) is 5.75 Å². The van der Waals surface area contributed by atoms with Gasteiger partial charge in [-0.15, -0.1) is 10.2 Å². The van der Waals surface area contributed by atoms with E-state index in [0.717, 1.165) is 27.8 Å². The van der Waals surface area contributed by atoms with Crippen molar-refractivity contribution in [2.75, 3.05) is 12.4 Å². The second kappa shape index (κ2) is 7.57. The highest BCUT2D eigenvalue weighted by Gasteiger charge is 2.15. The minimum Gasteiger partial charge on any atom is -0.495 e. The summed E-state index contributed by atoms with van der Waals surface area (Å²) in [6, 6.07) is 12.3. The molecule has 28 heavy (non-hydrogen) atoms. The second-order valence-corrected chi connectivity index (χ2v) is 7.34. The molecule has 0 aliphatic carbocycles. The highest BCUT2D eigenvalue weighted by molar-refractivity contribution is 7.19. The van der Waals surface area contributed by atoms with E-state index in [4.69, 9.17) is 16.3 Å². The minimum absolute atomic E-state index is 0.274. The molecule has 1 amide bonds. The summed E-state index contributed by atoms with van der Waals surface area (Å²) in [7, 11) is 1.56. The molecule has 4 rings (SSSR count). The summed E-state index contributed by atoms with van der Waals surface area (Å²) in [6.45, 7) is 2.01. The third-order valence-corrected chi connectivity index (χ3v) is 5.34. The van der Waals surface area contributed by atoms with Crippen LogP contribution in [0.4, 0.5) is 5.69 Å². The van der Waals surface area contributed by atoms with Gasteiger partial charge in [-0.25, -0.2) is 0 Å². The van der Waals surface area contributed by atoms with Crippen LogP contribution in [0.1, 0.15) is 23.1 Å². The first-order chi connectivity index (χ1) is 13.6. The van der Waals surface area contributed by atoms with Gasteiger partial charge in [0.25, 0.3) is 5.91 Å². The van der Waals surface area contributed by atoms with E-state index in [1.807, 2.05) is 19.1 Å². The van der Waals surface area contributed by atoms with Crippen molar-refractivity contribution >= 4 is 39.5 Å². The lowest BCUT2D eigenvalue weighted by Crippen LogP contribution is -2.12. The van der Waals surface area contributed by atoms with Gasteiger partial charge in [0.1, 0.15) is 10.8 Å². The van der Waals surface area contributed by atoms with Crippen molar-refractivity contribution in [3.8, 4) is 16.3 Å². The van der Waals surface area contributed by atoms with Crippen LogP contribution in [-0.2, 0) is 6.42 Å². The number of nitrogens with one attached hydrogen (secondary N) is 1. The molecule has 0 fully saturated rings. The number of anilines is 1. The van der Waals surface area contributed by atoms with Crippen LogP contribution in [-0.4, -0.2) is 32.8 Å². The molecule has 2 aromatic heterocycles. The normalized spacial score (nSPS) is 11.0. The first kappa shape index (κ1) is 18.4. The van der Waals surface area contributed by atoms with Crippen LogP contribution in [0.3, 0.4) is 0 Å². The second-order valence-electron chi connectivity index (χ2n) is 5.95. The number of fused-ring (bicyclic) bond motifs is 1. The highest BCUT2D eigenvalue weighted by atomic mass is 35.5. The zero-order chi connectivity index (χ0) is 19.7. The fraction of sp³-hybridized carbons (Fsp3) is 0.158. The Morgan fingerprint density at radius 3 is 2.86 bits per heavy atom. The lowest BCUT2D eigenvalue weighted by atomic mass is 10.1. The Balaban J connectivity index is 1.68. The molecule has 0 spiro atoms. The molecule has 7 nitrogen and oxygen atoms in total. The summed E-state index contributed by atoms with van der Waals surface area (Å²) in [5.74, 6) is 1.08. The maximum Gasteiger partial charge on any atom is 0.255 e. The molecule has 0 saturated heterocycles. The van der Waals surface area contributed by atoms with Crippen LogP contribution in [0.2, 0.25) is 5.02 Å². The lowest BCUT2D eigenvalue weighted by Gasteiger charge is -2.11. The average Bonchev–Trinajstić information content (AvgIpc) is 3.28. The zero-order valence-electron chi connectivity index (χ0n) is 15.1. The molecule has 0 aliphatic heterocycles. The van der Waals surface area contributed by atoms with Gasteiger partial charge in [0, 0.05) is 22.6 Å². The van der Waals surface area contributed by atoms with E-state index >= 15 is 0 Å². The molecule has 4 aromatic rings. The molecule has 9 heteroatoms. The van der Waals surface area contributed by atoms with Gasteiger partial charge in [-0.05, 0) is 36.4 Å². The number of amides is 1. The number of halogens is 1. The Morgan fingerprint density at radius 1 is 1.25 bits per heavy atom. The predicted molar refractivity (Wildman–Crippen MR) is 109 cm³/mol. The van der Waals surface area contributed by atoms with E-state index in [1.165, 1.54) is 11.3 Å². The van der Waals surface area contributed by atoms with E-state index in [0.29, 0.717) is 22.0 Å². The fourth-order valence-corrected chi connectivity index (χ4v) is 3.80. The number of benzene rings is 2. The standard InChI is InChI=1S/C19H16ClN5O2S/c1-3-16-22-23-19-25(16)24-18(28-19)12-7-8-15(27-2)14(10-12)21-17(26)11-5-4-6-13(20)9-11/h4-10H,3H2,1-2H3,(H,21,26). The zero-order valence-corrected chi connectivity index (χ0v) is 16.7. The van der Waals surface area contributed by atoms with E-state index in [-0.39, 0.29) is 5.91 Å². The molecule has 2 aromatic carbocycles. The van der Waals surface area contributed by atoms with Crippen molar-refractivity contribution in [1.29, 1.82) is 0 Å². The molecule has 0 unspecified atom stereocenters. The number of rotatable bonds is 5. The van der Waals surface area contributed by atoms with Gasteiger partial charge < -0.3 is 10.1 Å². The van der Waals surface area contributed by atoms with Gasteiger partial charge in [0.2, 0.25) is 4.96 Å². The molecule has 0 atom stereocenters. The number of hydrogen-bond acceptors (Lipinski definition) is 6. The summed E-state index contributed by atoms with van der Waals surface area (Å²) in [6.07, 6.45) is 0.744. The summed E-state index contributed by atoms with van der Waals surface area (Å²) in [5.41, 5.74) is 1.86. The SMILES string of the molecule is CCc1nnc2sc(-c3ccc(OC)c(NC(=O)c4cccc(Cl)c4)c3)nn12. The van der Waals surface area contributed by atoms with Crippen LogP contribution in [0.15, 0.2) is 42.5 Å². The Hall–Kier alpha value is -2.97. The van der Waals surface area contributed by atoms with E-state index in [2.05, 4.69) is 20.6 Å². The average molecular weight is 414 g/mol. The Labute approximate surface area is 169 Å². The van der Waals surface area contributed by atoms with Crippen LogP contribution in [0.25, 0.3) is 15.5 Å². The van der Waals surface area contributed by atoms with Gasteiger partial charge in [-0.2, -0.15) is 9.61 Å². The quantitative estimate of drug-likeness (QED) is 0.526. The van der Waals surface area contributed by atoms with Crippen molar-refractivity contribution in [2.45, 2.75) is 13.3 Å². The third kappa shape index (κ3) is 3.44. The summed E-state index contributed by atoms with van der Waals surface area (Å²) >= 11 is 7.42. The molecule has 1 N–H and O–H groups in total. The maximum absolute atomic E-state index is 12.6. The van der Waals surface area contributed by atoms with Crippen LogP contribution in [0, 0.1) is 0 Å². The first-order valence-corrected chi connectivity index (χ1v) is 9.75. The number of aromatic nitrogens is 4. The Kier molecular flexibility index (Phi) is 4.97. The number of carbonyl (C=O) groups excluding carboxylic acids is 1. The minimum atomic E-state index is -0.274. The number of carbonyl (C=O) groups is 1. The molecule has 0 bridgehead atoms. The summed E-state index contributed by atoms with van der Waals surface area (Å²) in [4.78, 5) is 13.3. The molecule has 2 heterocycles. The third-order valence-electron chi connectivity index (χ3n) is 4.15. The van der Waals surface area contributed by atoms with Gasteiger partial charge in [0.15, 0.2) is 5.82 Å². The fourth-order valence-electron chi connectivity index (χ4n) is 2.76. The molecule has 142 valence electrons. The lowest BCUT2D eigenvalue weighted by molar-refractivity contribution is 0.102. The van der Waals surface area contributed by atoms with E-state index in [1.54, 1.807) is 42.0 Å². The number of ether oxygens (including phenoxy) is 1. The monoisotopic (exact) mass is 413 g/mol. The molecule has 0 aliphatic rings. The van der Waals surface area contributed by atoms with Crippen LogP contribution >= 0.6 is 22.9 Å². The van der Waals surface area contributed by atoms with Crippen molar-refractivity contribution < 1.29 is 9.53 Å². The van der Waals surface area contributed by atoms with Crippen LogP contribution < -0.4 is 10.1 Å². The molecular formula is C19H16ClN5O2S. The van der Waals surface area contributed by atoms with E-state index < -0.39 is 0 Å². The van der Waals surface area contributed by atoms with Gasteiger partial charge in [-0.1, -0.05) is 35.9 Å². The number of hydrogen-bond donors (Lipinski definition) is 1. The summed E-state index contributed by atoms with van der Waals surface area (Å²) in [5, 5.41) is 17.0. The van der Waals surface area contributed by atoms with Crippen molar-refractivity contribution in [3.63, 3.8) is 0 Å². The van der Waals surface area contributed by atoms with Gasteiger partial charge >= 0.3 is 0 Å². The number of nitrogens with zero attached hydrogens (tertiary/aromatic N) is 4. The first-order valence-electron chi connectivity index (χ1n) is 8.55. The maximum atomic E-state index is 12.6. The van der Waals surface area contributed by atoms with Crippen molar-refractivity contribution in [2.24, 2.45) is 0 Å². The Morgan fingerprint density at radius 2 is 2.11 bits per heavy atom. The topological polar surface area (TPSA) is 81.4 Å². The Bertz CT molecular complexity index is 1170. The van der Waals surface area contributed by atoms with Gasteiger partial charge in [0.05, 0.1) is 12.8 Å². The highest BCUT2D eigenvalue weighted by Crippen LogP contribution is 2.33. The predicted octanol–water partition coefficient (Wildman–Crippen LogP) is 4.33. The number of methoxy groups -OCH3 is 1. The molecule has 0 saturated carbocycles. The summed E-state index contributed by atoms with van der Waals surface area (Å²) < 4.78 is 7.14. The van der Waals surface area contributed by atoms with E-state index in [9.17, 15) is 4.79 Å². The molecule has 0 radical (unpaired) electrons. The molecular weight excluding hydrogens is 398 g/mol. The largest absolute Gasteiger partial charge is 0.495 e. The number of aryl methyl sites for hydroxylation is 1. The van der Waals surface area contributed by atoms with Crippen molar-refractivity contribution in [3.05, 3.63) is 58.9 Å².